The lowest BCUT2D eigenvalue weighted by Gasteiger charge is -2.25. The molecule has 1 aromatic rings. The van der Waals surface area contributed by atoms with Gasteiger partial charge >= 0.3 is 5.97 Å². The van der Waals surface area contributed by atoms with Crippen molar-refractivity contribution in [2.75, 3.05) is 13.2 Å². The molecule has 11 nitrogen and oxygen atoms in total. The zero-order valence-corrected chi connectivity index (χ0v) is 18.2. The molecule has 0 aromatic heterocycles. The number of benzene rings is 1. The number of aliphatic hydroxyl groups is 2. The smallest absolute Gasteiger partial charge is 0.328 e. The van der Waals surface area contributed by atoms with Crippen LogP contribution in [-0.2, 0) is 25.6 Å². The van der Waals surface area contributed by atoms with Crippen LogP contribution in [-0.4, -0.2) is 76.4 Å². The number of hydrogen-bond donors (Lipinski definition) is 7. The van der Waals surface area contributed by atoms with Crippen LogP contribution in [0.4, 0.5) is 0 Å². The molecule has 0 saturated heterocycles. The fraction of sp³-hybridized carbons (Fsp3) is 0.524. The summed E-state index contributed by atoms with van der Waals surface area (Å²) in [6.45, 7) is 2.21. The first-order valence-corrected chi connectivity index (χ1v) is 10.2. The van der Waals surface area contributed by atoms with Crippen molar-refractivity contribution in [3.8, 4) is 0 Å². The van der Waals surface area contributed by atoms with Crippen molar-refractivity contribution < 1.29 is 34.5 Å². The summed E-state index contributed by atoms with van der Waals surface area (Å²) in [4.78, 5) is 48.9. The van der Waals surface area contributed by atoms with Gasteiger partial charge in [0.25, 0.3) is 0 Å². The molecule has 4 unspecified atom stereocenters. The molecule has 1 aromatic carbocycles. The monoisotopic (exact) mass is 452 g/mol. The van der Waals surface area contributed by atoms with Gasteiger partial charge in [0, 0.05) is 6.42 Å². The lowest BCUT2D eigenvalue weighted by molar-refractivity contribution is -0.143. The number of carbonyl (C=O) groups excluding carboxylic acids is 3. The molecule has 32 heavy (non-hydrogen) atoms. The van der Waals surface area contributed by atoms with Gasteiger partial charge in [0.05, 0.1) is 13.2 Å². The molecule has 0 aliphatic heterocycles. The Kier molecular flexibility index (Phi) is 11.3. The molecule has 0 aliphatic rings. The van der Waals surface area contributed by atoms with Crippen LogP contribution in [0.25, 0.3) is 0 Å². The van der Waals surface area contributed by atoms with Gasteiger partial charge in [-0.05, 0) is 17.9 Å². The van der Waals surface area contributed by atoms with Crippen molar-refractivity contribution in [3.05, 3.63) is 35.9 Å². The molecule has 0 fully saturated rings. The van der Waals surface area contributed by atoms with E-state index >= 15 is 0 Å². The first-order valence-electron chi connectivity index (χ1n) is 10.2. The van der Waals surface area contributed by atoms with Crippen molar-refractivity contribution >= 4 is 23.7 Å². The molecule has 0 heterocycles. The van der Waals surface area contributed by atoms with Gasteiger partial charge in [-0.3, -0.25) is 14.4 Å². The molecule has 0 spiro atoms. The maximum atomic E-state index is 13.0. The summed E-state index contributed by atoms with van der Waals surface area (Å²) in [6.07, 6.45) is 0.290. The summed E-state index contributed by atoms with van der Waals surface area (Å²) < 4.78 is 0. The van der Waals surface area contributed by atoms with Gasteiger partial charge in [0.1, 0.15) is 24.2 Å². The molecule has 0 aliphatic carbocycles. The lowest BCUT2D eigenvalue weighted by Crippen LogP contribution is -2.58. The van der Waals surface area contributed by atoms with E-state index in [0.717, 1.165) is 5.56 Å². The maximum Gasteiger partial charge on any atom is 0.328 e. The van der Waals surface area contributed by atoms with Gasteiger partial charge in [-0.25, -0.2) is 4.79 Å². The third-order valence-electron chi connectivity index (χ3n) is 4.59. The Morgan fingerprint density at radius 3 is 1.88 bits per heavy atom. The number of rotatable bonds is 13. The zero-order chi connectivity index (χ0) is 24.3. The van der Waals surface area contributed by atoms with E-state index in [1.165, 1.54) is 0 Å². The van der Waals surface area contributed by atoms with Crippen molar-refractivity contribution in [1.82, 2.24) is 16.0 Å². The predicted octanol–water partition coefficient (Wildman–Crippen LogP) is -1.87. The highest BCUT2D eigenvalue weighted by Crippen LogP contribution is 2.08. The van der Waals surface area contributed by atoms with Crippen molar-refractivity contribution in [3.63, 3.8) is 0 Å². The van der Waals surface area contributed by atoms with Crippen LogP contribution in [0, 0.1) is 5.92 Å². The van der Waals surface area contributed by atoms with Crippen LogP contribution < -0.4 is 21.7 Å². The Labute approximate surface area is 186 Å². The second kappa shape index (κ2) is 13.4. The van der Waals surface area contributed by atoms with E-state index in [2.05, 4.69) is 16.0 Å². The Morgan fingerprint density at radius 1 is 0.844 bits per heavy atom. The number of aliphatic carboxylic acids is 1. The minimum Gasteiger partial charge on any atom is -0.480 e. The number of carboxylic acid groups (broad SMARTS) is 1. The number of carbonyl (C=O) groups is 4. The van der Waals surface area contributed by atoms with E-state index in [9.17, 15) is 19.2 Å². The van der Waals surface area contributed by atoms with E-state index in [1.54, 1.807) is 30.3 Å². The Bertz CT molecular complexity index is 773. The number of carboxylic acids is 1. The van der Waals surface area contributed by atoms with Gasteiger partial charge in [0.2, 0.25) is 17.7 Å². The first-order chi connectivity index (χ1) is 15.1. The largest absolute Gasteiger partial charge is 0.480 e. The highest BCUT2D eigenvalue weighted by molar-refractivity contribution is 5.94. The number of amides is 3. The molecule has 0 bridgehead atoms. The zero-order valence-electron chi connectivity index (χ0n) is 18.2. The van der Waals surface area contributed by atoms with Crippen LogP contribution in [0.3, 0.4) is 0 Å². The summed E-state index contributed by atoms with van der Waals surface area (Å²) in [5.74, 6) is -3.63. The summed E-state index contributed by atoms with van der Waals surface area (Å²) in [5, 5.41) is 34.5. The fourth-order valence-electron chi connectivity index (χ4n) is 2.85. The summed E-state index contributed by atoms with van der Waals surface area (Å²) in [6, 6.07) is 3.90. The average molecular weight is 453 g/mol. The number of hydrogen-bond acceptors (Lipinski definition) is 7. The third-order valence-corrected chi connectivity index (χ3v) is 4.59. The Hall–Kier alpha value is -3.02. The summed E-state index contributed by atoms with van der Waals surface area (Å²) >= 11 is 0. The van der Waals surface area contributed by atoms with Crippen LogP contribution >= 0.6 is 0 Å². The van der Waals surface area contributed by atoms with E-state index in [0.29, 0.717) is 0 Å². The minimum absolute atomic E-state index is 0.0339. The molecule has 8 N–H and O–H groups in total. The van der Waals surface area contributed by atoms with E-state index in [4.69, 9.17) is 21.1 Å². The van der Waals surface area contributed by atoms with Gasteiger partial charge < -0.3 is 37.0 Å². The molecular weight excluding hydrogens is 420 g/mol. The van der Waals surface area contributed by atoms with Gasteiger partial charge in [-0.2, -0.15) is 0 Å². The average Bonchev–Trinajstić information content (AvgIpc) is 2.75. The van der Waals surface area contributed by atoms with Crippen LogP contribution in [0.15, 0.2) is 30.3 Å². The second-order valence-electron chi connectivity index (χ2n) is 7.81. The molecular formula is C21H32N4O7. The number of nitrogens with one attached hydrogen (secondary N) is 3. The highest BCUT2D eigenvalue weighted by atomic mass is 16.4. The Balaban J connectivity index is 3.05. The number of nitrogens with two attached hydrogens (primary N) is 1. The normalized spacial score (nSPS) is 14.7. The molecule has 0 radical (unpaired) electrons. The van der Waals surface area contributed by atoms with E-state index < -0.39 is 61.1 Å². The Morgan fingerprint density at radius 2 is 1.38 bits per heavy atom. The molecule has 178 valence electrons. The molecule has 1 rings (SSSR count). The number of aliphatic hydroxyl groups excluding tert-OH is 2. The van der Waals surface area contributed by atoms with Crippen molar-refractivity contribution in [2.45, 2.75) is 50.9 Å². The summed E-state index contributed by atoms with van der Waals surface area (Å²) in [5.41, 5.74) is 6.27. The van der Waals surface area contributed by atoms with E-state index in [-0.39, 0.29) is 18.8 Å². The topological polar surface area (TPSA) is 191 Å². The molecule has 0 saturated carbocycles. The molecule has 11 heteroatoms. The van der Waals surface area contributed by atoms with Crippen LogP contribution in [0.2, 0.25) is 0 Å². The maximum absolute atomic E-state index is 13.0. The third kappa shape index (κ3) is 9.00. The van der Waals surface area contributed by atoms with Gasteiger partial charge in [-0.15, -0.1) is 0 Å². The van der Waals surface area contributed by atoms with Crippen LogP contribution in [0.1, 0.15) is 25.8 Å². The minimum atomic E-state index is -1.52. The summed E-state index contributed by atoms with van der Waals surface area (Å²) in [7, 11) is 0. The quantitative estimate of drug-likeness (QED) is 0.181. The van der Waals surface area contributed by atoms with E-state index in [1.807, 2.05) is 13.8 Å². The van der Waals surface area contributed by atoms with Gasteiger partial charge in [0.15, 0.2) is 0 Å². The van der Waals surface area contributed by atoms with Crippen molar-refractivity contribution in [1.29, 1.82) is 0 Å². The molecule has 3 amide bonds. The lowest BCUT2D eigenvalue weighted by atomic mass is 10.0. The molecule has 4 atom stereocenters. The fourth-order valence-corrected chi connectivity index (χ4v) is 2.85. The highest BCUT2D eigenvalue weighted by Gasteiger charge is 2.30. The standard InChI is InChI=1S/C21H32N4O7/c1-12(2)8-15(19(29)25-17(11-27)21(31)32)24-20(30)16(23-18(28)14(22)10-26)9-13-6-4-3-5-7-13/h3-7,12,14-17,26-27H,8-11,22H2,1-2H3,(H,23,28)(H,24,30)(H,25,29)(H,31,32). The predicted molar refractivity (Wildman–Crippen MR) is 115 cm³/mol. The SMILES string of the molecule is CC(C)CC(NC(=O)C(Cc1ccccc1)NC(=O)C(N)CO)C(=O)NC(CO)C(=O)O. The second-order valence-corrected chi connectivity index (χ2v) is 7.81. The van der Waals surface area contributed by atoms with Gasteiger partial charge in [-0.1, -0.05) is 44.2 Å². The van der Waals surface area contributed by atoms with Crippen molar-refractivity contribution in [2.24, 2.45) is 11.7 Å². The van der Waals surface area contributed by atoms with Crippen LogP contribution in [0.5, 0.6) is 0 Å². The first kappa shape index (κ1) is 27.0.